The minimum Gasteiger partial charge on any atom is -0.352 e. The zero-order valence-electron chi connectivity index (χ0n) is 15.8. The number of nitrogens with zero attached hydrogens (tertiary/aromatic N) is 2. The molecule has 2 heterocycles. The fourth-order valence-electron chi connectivity index (χ4n) is 5.94. The first-order chi connectivity index (χ1) is 12.6. The Morgan fingerprint density at radius 1 is 1.08 bits per heavy atom. The molecule has 6 nitrogen and oxygen atoms in total. The van der Waals surface area contributed by atoms with Gasteiger partial charge in [0.2, 0.25) is 11.8 Å². The molecule has 2 saturated carbocycles. The molecule has 2 aliphatic heterocycles. The molecule has 4 fully saturated rings. The van der Waals surface area contributed by atoms with E-state index >= 15 is 0 Å². The van der Waals surface area contributed by atoms with Crippen LogP contribution < -0.4 is 10.6 Å². The average Bonchev–Trinajstić information content (AvgIpc) is 3.32. The number of fused-ring (bicyclic) bond motifs is 3. The average molecular weight is 361 g/mol. The normalized spacial score (nSPS) is 39.6. The molecule has 2 aliphatic carbocycles. The summed E-state index contributed by atoms with van der Waals surface area (Å²) in [7, 11) is 2.17. The lowest BCUT2D eigenvalue weighted by atomic mass is 9.78. The number of carbonyl (C=O) groups excluding carboxylic acids is 2. The van der Waals surface area contributed by atoms with E-state index in [-0.39, 0.29) is 29.7 Å². The highest BCUT2D eigenvalue weighted by molar-refractivity contribution is 5.89. The minimum absolute atomic E-state index is 0.0442. The molecule has 6 heteroatoms. The molecule has 0 aromatic heterocycles. The van der Waals surface area contributed by atoms with Crippen molar-refractivity contribution in [3.8, 4) is 0 Å². The fraction of sp³-hybridized carbons (Fsp3) is 0.800. The molecule has 2 bridgehead atoms. The molecular formula is C20H32N4O2. The van der Waals surface area contributed by atoms with Crippen LogP contribution in [0.5, 0.6) is 0 Å². The topological polar surface area (TPSA) is 64.7 Å². The third-order valence-electron chi connectivity index (χ3n) is 7.11. The Hall–Kier alpha value is -1.40. The minimum atomic E-state index is -0.149. The van der Waals surface area contributed by atoms with Crippen molar-refractivity contribution >= 4 is 11.8 Å². The molecule has 2 amide bonds. The molecule has 6 atom stereocenters. The van der Waals surface area contributed by atoms with Crippen LogP contribution in [0.15, 0.2) is 12.7 Å². The fourth-order valence-corrected chi connectivity index (χ4v) is 5.94. The number of hydrogen-bond acceptors (Lipinski definition) is 4. The van der Waals surface area contributed by atoms with E-state index in [1.807, 2.05) is 0 Å². The summed E-state index contributed by atoms with van der Waals surface area (Å²) < 4.78 is 0. The molecule has 2 saturated heterocycles. The summed E-state index contributed by atoms with van der Waals surface area (Å²) in [6, 6.07) is 0.792. The van der Waals surface area contributed by atoms with Crippen LogP contribution in [-0.4, -0.2) is 73.5 Å². The molecule has 0 radical (unpaired) electrons. The zero-order chi connectivity index (χ0) is 18.3. The first-order valence-electron chi connectivity index (χ1n) is 10.2. The Bertz CT molecular complexity index is 580. The monoisotopic (exact) mass is 360 g/mol. The van der Waals surface area contributed by atoms with Crippen molar-refractivity contribution in [1.82, 2.24) is 20.4 Å². The molecule has 4 rings (SSSR count). The number of hydrogen-bond donors (Lipinski definition) is 2. The van der Waals surface area contributed by atoms with Crippen LogP contribution in [0.3, 0.4) is 0 Å². The second kappa shape index (κ2) is 7.31. The quantitative estimate of drug-likeness (QED) is 0.699. The van der Waals surface area contributed by atoms with Gasteiger partial charge >= 0.3 is 0 Å². The van der Waals surface area contributed by atoms with Gasteiger partial charge in [-0.05, 0) is 44.6 Å². The molecule has 0 spiro atoms. The van der Waals surface area contributed by atoms with Gasteiger partial charge in [0.25, 0.3) is 0 Å². The maximum absolute atomic E-state index is 13.1. The largest absolute Gasteiger partial charge is 0.352 e. The van der Waals surface area contributed by atoms with E-state index in [1.165, 1.54) is 0 Å². The lowest BCUT2D eigenvalue weighted by Crippen LogP contribution is -2.49. The molecular weight excluding hydrogens is 328 g/mol. The highest BCUT2D eigenvalue weighted by Crippen LogP contribution is 2.52. The van der Waals surface area contributed by atoms with Crippen LogP contribution >= 0.6 is 0 Å². The van der Waals surface area contributed by atoms with Gasteiger partial charge in [-0.25, -0.2) is 0 Å². The van der Waals surface area contributed by atoms with Crippen molar-refractivity contribution < 1.29 is 9.59 Å². The van der Waals surface area contributed by atoms with Gasteiger partial charge in [0.1, 0.15) is 0 Å². The van der Waals surface area contributed by atoms with E-state index < -0.39 is 0 Å². The smallest absolute Gasteiger partial charge is 0.224 e. The summed E-state index contributed by atoms with van der Waals surface area (Å²) in [6.07, 6.45) is 5.95. The van der Waals surface area contributed by atoms with Gasteiger partial charge in [0.15, 0.2) is 0 Å². The van der Waals surface area contributed by atoms with Crippen LogP contribution in [0.2, 0.25) is 0 Å². The van der Waals surface area contributed by atoms with Crippen LogP contribution in [0.4, 0.5) is 0 Å². The van der Waals surface area contributed by atoms with Crippen molar-refractivity contribution in [3.05, 3.63) is 12.7 Å². The molecule has 2 N–H and O–H groups in total. The van der Waals surface area contributed by atoms with Crippen LogP contribution in [0, 0.1) is 23.7 Å². The summed E-state index contributed by atoms with van der Waals surface area (Å²) in [5, 5.41) is 6.25. The van der Waals surface area contributed by atoms with Crippen molar-refractivity contribution in [1.29, 1.82) is 0 Å². The van der Waals surface area contributed by atoms with Crippen LogP contribution in [-0.2, 0) is 9.59 Å². The van der Waals surface area contributed by atoms with Crippen LogP contribution in [0.1, 0.15) is 25.7 Å². The lowest BCUT2D eigenvalue weighted by molar-refractivity contribution is -0.137. The molecule has 26 heavy (non-hydrogen) atoms. The van der Waals surface area contributed by atoms with Gasteiger partial charge in [-0.3, -0.25) is 14.5 Å². The second-order valence-electron chi connectivity index (χ2n) is 8.77. The molecule has 0 aromatic rings. The van der Waals surface area contributed by atoms with Gasteiger partial charge < -0.3 is 15.5 Å². The van der Waals surface area contributed by atoms with Gasteiger partial charge in [-0.1, -0.05) is 6.08 Å². The SMILES string of the molecule is C=CCNC(=O)[C@H]1[C@H]2CC[C@@H](C2)[C@H]1C(=O)N[C@H]1C[C@H]2CN(C)CCN2C1. The van der Waals surface area contributed by atoms with Gasteiger partial charge in [-0.15, -0.1) is 6.58 Å². The van der Waals surface area contributed by atoms with E-state index in [9.17, 15) is 9.59 Å². The molecule has 0 aromatic carbocycles. The van der Waals surface area contributed by atoms with E-state index in [4.69, 9.17) is 0 Å². The lowest BCUT2D eigenvalue weighted by Gasteiger charge is -2.34. The van der Waals surface area contributed by atoms with Crippen molar-refractivity contribution in [2.24, 2.45) is 23.7 Å². The third-order valence-corrected chi connectivity index (χ3v) is 7.11. The Kier molecular flexibility index (Phi) is 5.06. The summed E-state index contributed by atoms with van der Waals surface area (Å²) in [4.78, 5) is 30.6. The number of nitrogens with one attached hydrogen (secondary N) is 2. The van der Waals surface area contributed by atoms with E-state index in [1.54, 1.807) is 6.08 Å². The summed E-state index contributed by atoms with van der Waals surface area (Å²) in [5.74, 6) is 0.637. The second-order valence-corrected chi connectivity index (χ2v) is 8.77. The predicted octanol–water partition coefficient (Wildman–Crippen LogP) is 0.455. The first-order valence-corrected chi connectivity index (χ1v) is 10.2. The maximum atomic E-state index is 13.1. The highest BCUT2D eigenvalue weighted by atomic mass is 16.2. The summed E-state index contributed by atoms with van der Waals surface area (Å²) >= 11 is 0. The standard InChI is InChI=1S/C20H32N4O2/c1-3-6-21-19(25)17-13-4-5-14(9-13)18(17)20(26)22-15-10-16-12-23(2)7-8-24(16)11-15/h3,13-18H,1,4-12H2,2H3,(H,21,25)(H,22,26)/t13-,14-,15-,16-,17-,18+/m0/s1. The van der Waals surface area contributed by atoms with E-state index in [0.717, 1.165) is 51.9 Å². The number of amides is 2. The number of carbonyl (C=O) groups is 2. The Morgan fingerprint density at radius 3 is 2.54 bits per heavy atom. The number of piperazine rings is 1. The third kappa shape index (κ3) is 3.29. The first kappa shape index (κ1) is 18.0. The molecule has 144 valence electrons. The molecule has 4 aliphatic rings. The van der Waals surface area contributed by atoms with E-state index in [2.05, 4.69) is 34.1 Å². The Morgan fingerprint density at radius 2 is 1.81 bits per heavy atom. The van der Waals surface area contributed by atoms with E-state index in [0.29, 0.717) is 24.4 Å². The summed E-state index contributed by atoms with van der Waals surface area (Å²) in [6.45, 7) is 8.39. The van der Waals surface area contributed by atoms with Crippen LogP contribution in [0.25, 0.3) is 0 Å². The highest BCUT2D eigenvalue weighted by Gasteiger charge is 2.54. The number of rotatable bonds is 5. The summed E-state index contributed by atoms with van der Waals surface area (Å²) in [5.41, 5.74) is 0. The van der Waals surface area contributed by atoms with Gasteiger partial charge in [0.05, 0.1) is 11.8 Å². The Balaban J connectivity index is 1.39. The predicted molar refractivity (Wildman–Crippen MR) is 100 cm³/mol. The van der Waals surface area contributed by atoms with Gasteiger partial charge in [0, 0.05) is 44.8 Å². The van der Waals surface area contributed by atoms with Crippen molar-refractivity contribution in [2.75, 3.05) is 39.8 Å². The van der Waals surface area contributed by atoms with Gasteiger partial charge in [-0.2, -0.15) is 0 Å². The Labute approximate surface area is 156 Å². The maximum Gasteiger partial charge on any atom is 0.224 e. The van der Waals surface area contributed by atoms with Crippen molar-refractivity contribution in [2.45, 2.75) is 37.8 Å². The van der Waals surface area contributed by atoms with Crippen molar-refractivity contribution in [3.63, 3.8) is 0 Å². The molecule has 0 unspecified atom stereocenters. The zero-order valence-corrected chi connectivity index (χ0v) is 15.8. The number of likely N-dealkylation sites (N-methyl/N-ethyl adjacent to an activating group) is 1.